The van der Waals surface area contributed by atoms with Crippen molar-refractivity contribution in [2.45, 2.75) is 32.4 Å². The van der Waals surface area contributed by atoms with Crippen LogP contribution in [0.5, 0.6) is 0 Å². The highest BCUT2D eigenvalue weighted by Crippen LogP contribution is 2.27. The van der Waals surface area contributed by atoms with E-state index < -0.39 is 31.7 Å². The molecule has 0 spiro atoms. The van der Waals surface area contributed by atoms with Gasteiger partial charge in [-0.05, 0) is 34.4 Å². The maximum absolute atomic E-state index is 11.5. The molecule has 0 atom stereocenters. The Morgan fingerprint density at radius 3 is 1.31 bits per heavy atom. The number of rotatable bonds is 12. The van der Waals surface area contributed by atoms with Crippen molar-refractivity contribution in [3.05, 3.63) is 109 Å². The van der Waals surface area contributed by atoms with Crippen molar-refractivity contribution in [2.75, 3.05) is 11.5 Å². The highest BCUT2D eigenvalue weighted by Gasteiger charge is 2.32. The van der Waals surface area contributed by atoms with Crippen molar-refractivity contribution in [2.24, 2.45) is 0 Å². The largest absolute Gasteiger partial charge is 0.401 e. The summed E-state index contributed by atoms with van der Waals surface area (Å²) in [5, 5.41) is 0. The van der Waals surface area contributed by atoms with Gasteiger partial charge in [-0.2, -0.15) is 26.0 Å². The molecule has 2 N–H and O–H groups in total. The first kappa shape index (κ1) is 30.7. The average Bonchev–Trinajstić information content (AvgIpc) is 3.53. The zero-order valence-corrected chi connectivity index (χ0v) is 25.9. The fraction of sp³-hybridized carbons (Fsp3) is 0.212. The number of nitrogens with zero attached hydrogens (tertiary/aromatic N) is 2. The van der Waals surface area contributed by atoms with Crippen LogP contribution < -0.4 is 9.13 Å². The first-order valence-electron chi connectivity index (χ1n) is 14.5. The fourth-order valence-corrected chi connectivity index (χ4v) is 6.56. The van der Waals surface area contributed by atoms with Crippen molar-refractivity contribution in [3.63, 3.8) is 0 Å². The molecule has 0 aliphatic rings. The smallest absolute Gasteiger partial charge is 0.362 e. The van der Waals surface area contributed by atoms with Crippen LogP contribution in [-0.4, -0.2) is 37.4 Å². The summed E-state index contributed by atoms with van der Waals surface area (Å²) in [6, 6.07) is 31.3. The average molecular weight is 649 g/mol. The van der Waals surface area contributed by atoms with Crippen LogP contribution in [0.2, 0.25) is 0 Å². The number of hydrogen-bond acceptors (Lipinski definition) is 6. The minimum atomic E-state index is -4.16. The van der Waals surface area contributed by atoms with E-state index >= 15 is 0 Å². The molecule has 0 aliphatic carbocycles. The van der Waals surface area contributed by atoms with E-state index in [-0.39, 0.29) is 32.4 Å². The Labute approximate surface area is 260 Å². The van der Waals surface area contributed by atoms with Crippen LogP contribution >= 0.6 is 0 Å². The third kappa shape index (κ3) is 7.31. The van der Waals surface area contributed by atoms with Crippen LogP contribution in [0.15, 0.2) is 106 Å². The SMILES string of the molecule is O=S(=O)(O)CCC[n+]1c(Cc2oc3ccc(-c4ccccc4)cc3[n+]2CCCS(=O)(=O)O)oc2ccc(-c3ccccc3)cc21. The van der Waals surface area contributed by atoms with Gasteiger partial charge >= 0.3 is 11.8 Å². The molecule has 6 rings (SSSR count). The molecule has 10 nitrogen and oxygen atoms in total. The zero-order chi connectivity index (χ0) is 31.6. The minimum absolute atomic E-state index is 0.148. The molecule has 6 aromatic rings. The quantitative estimate of drug-likeness (QED) is 0.136. The second-order valence-electron chi connectivity index (χ2n) is 10.8. The van der Waals surface area contributed by atoms with Crippen LogP contribution in [0.25, 0.3) is 44.5 Å². The molecular formula is C33H32N2O8S2+2. The summed E-state index contributed by atoms with van der Waals surface area (Å²) in [5.74, 6) is 0.174. The van der Waals surface area contributed by atoms with Gasteiger partial charge in [0.25, 0.3) is 31.3 Å². The monoisotopic (exact) mass is 648 g/mol. The third-order valence-corrected chi connectivity index (χ3v) is 9.25. The van der Waals surface area contributed by atoms with E-state index in [1.807, 2.05) is 106 Å². The van der Waals surface area contributed by atoms with E-state index in [0.29, 0.717) is 22.9 Å². The second kappa shape index (κ2) is 12.6. The van der Waals surface area contributed by atoms with E-state index in [9.17, 15) is 25.9 Å². The standard InChI is InChI=1S/C33H30N2O8S2/c36-44(37,38)19-7-17-34-28-21-26(24-9-3-1-4-10-24)13-15-30(28)42-32(34)23-33-35(18-8-20-45(39,40)41)29-22-27(14-16-31(29)43-33)25-11-5-2-6-12-25/h1-6,9-16,21-22H,7-8,17-20,23H2/p+2. The third-order valence-electron chi connectivity index (χ3n) is 7.64. The molecule has 0 saturated heterocycles. The number of oxazole rings is 2. The van der Waals surface area contributed by atoms with Crippen molar-refractivity contribution >= 4 is 42.4 Å². The summed E-state index contributed by atoms with van der Waals surface area (Å²) < 4.78 is 81.3. The summed E-state index contributed by atoms with van der Waals surface area (Å²) >= 11 is 0. The minimum Gasteiger partial charge on any atom is -0.401 e. The maximum atomic E-state index is 11.5. The number of fused-ring (bicyclic) bond motifs is 2. The van der Waals surface area contributed by atoms with E-state index in [0.717, 1.165) is 33.3 Å². The predicted octanol–water partition coefficient (Wildman–Crippen LogP) is 5.23. The summed E-state index contributed by atoms with van der Waals surface area (Å²) in [6.45, 7) is 0.503. The van der Waals surface area contributed by atoms with E-state index in [4.69, 9.17) is 8.83 Å². The highest BCUT2D eigenvalue weighted by atomic mass is 32.2. The lowest BCUT2D eigenvalue weighted by Crippen LogP contribution is -2.41. The van der Waals surface area contributed by atoms with Crippen LogP contribution in [0.4, 0.5) is 0 Å². The Balaban J connectivity index is 1.44. The Kier molecular flexibility index (Phi) is 8.56. The van der Waals surface area contributed by atoms with E-state index in [1.165, 1.54) is 0 Å². The number of aryl methyl sites for hydroxylation is 2. The van der Waals surface area contributed by atoms with E-state index in [1.54, 1.807) is 0 Å². The summed E-state index contributed by atoms with van der Waals surface area (Å²) in [7, 11) is -8.33. The maximum Gasteiger partial charge on any atom is 0.362 e. The van der Waals surface area contributed by atoms with Crippen LogP contribution in [-0.2, 0) is 39.7 Å². The Morgan fingerprint density at radius 1 is 0.533 bits per heavy atom. The first-order chi connectivity index (χ1) is 21.5. The summed E-state index contributed by atoms with van der Waals surface area (Å²) in [4.78, 5) is 0. The number of hydrogen-bond donors (Lipinski definition) is 2. The molecule has 4 aromatic carbocycles. The van der Waals surface area contributed by atoms with Gasteiger partial charge in [-0.15, -0.1) is 0 Å². The molecule has 232 valence electrons. The van der Waals surface area contributed by atoms with Crippen molar-refractivity contribution in [1.29, 1.82) is 0 Å². The first-order valence-corrected chi connectivity index (χ1v) is 17.7. The molecule has 0 aliphatic heterocycles. The molecule has 2 aromatic heterocycles. The van der Waals surface area contributed by atoms with Gasteiger partial charge in [0.05, 0.1) is 11.5 Å². The van der Waals surface area contributed by atoms with Crippen molar-refractivity contribution in [3.8, 4) is 22.3 Å². The molecule has 0 bridgehead atoms. The number of benzene rings is 4. The lowest BCUT2D eigenvalue weighted by molar-refractivity contribution is -0.697. The molecule has 0 amide bonds. The lowest BCUT2D eigenvalue weighted by atomic mass is 10.1. The number of aromatic nitrogens is 2. The normalized spacial score (nSPS) is 12.3. The topological polar surface area (TPSA) is 143 Å². The van der Waals surface area contributed by atoms with Gasteiger partial charge in [0.1, 0.15) is 0 Å². The molecule has 45 heavy (non-hydrogen) atoms. The Hall–Kier alpha value is -4.36. The molecule has 0 fully saturated rings. The van der Waals surface area contributed by atoms with Gasteiger partial charge < -0.3 is 8.83 Å². The molecule has 0 unspecified atom stereocenters. The van der Waals surface area contributed by atoms with Gasteiger partial charge in [0, 0.05) is 25.0 Å². The lowest BCUT2D eigenvalue weighted by Gasteiger charge is -2.01. The van der Waals surface area contributed by atoms with E-state index in [2.05, 4.69) is 0 Å². The summed E-state index contributed by atoms with van der Waals surface area (Å²) in [6.07, 6.45) is 0.466. The molecular weight excluding hydrogens is 617 g/mol. The van der Waals surface area contributed by atoms with Gasteiger partial charge in [-0.25, -0.2) is 0 Å². The van der Waals surface area contributed by atoms with Gasteiger partial charge in [0.2, 0.25) is 11.2 Å². The molecule has 12 heteroatoms. The fourth-order valence-electron chi connectivity index (χ4n) is 5.58. The zero-order valence-electron chi connectivity index (χ0n) is 24.2. The van der Waals surface area contributed by atoms with Gasteiger partial charge in [0.15, 0.2) is 19.5 Å². The van der Waals surface area contributed by atoms with Crippen LogP contribution in [0, 0.1) is 0 Å². The Morgan fingerprint density at radius 2 is 0.933 bits per heavy atom. The van der Waals surface area contributed by atoms with Crippen molar-refractivity contribution in [1.82, 2.24) is 0 Å². The predicted molar refractivity (Wildman–Crippen MR) is 169 cm³/mol. The molecule has 0 radical (unpaired) electrons. The van der Waals surface area contributed by atoms with Crippen LogP contribution in [0.3, 0.4) is 0 Å². The van der Waals surface area contributed by atoms with Crippen LogP contribution in [0.1, 0.15) is 24.6 Å². The van der Waals surface area contributed by atoms with Crippen molar-refractivity contribution < 1.29 is 43.9 Å². The Bertz CT molecular complexity index is 2030. The second-order valence-corrected chi connectivity index (χ2v) is 14.0. The van der Waals surface area contributed by atoms with Gasteiger partial charge in [-0.1, -0.05) is 72.8 Å². The molecule has 0 saturated carbocycles. The summed E-state index contributed by atoms with van der Waals surface area (Å²) in [5.41, 5.74) is 6.62. The molecule has 2 heterocycles. The van der Waals surface area contributed by atoms with Gasteiger partial charge in [-0.3, -0.25) is 9.11 Å². The highest BCUT2D eigenvalue weighted by molar-refractivity contribution is 7.86.